The lowest BCUT2D eigenvalue weighted by Crippen LogP contribution is -2.42. The number of H-pyrrole nitrogens is 1. The molecule has 1 aromatic carbocycles. The van der Waals surface area contributed by atoms with Crippen molar-refractivity contribution in [3.8, 4) is 5.75 Å². The number of hydrogen-bond donors (Lipinski definition) is 1. The Balaban J connectivity index is 1.24. The van der Waals surface area contributed by atoms with E-state index >= 15 is 0 Å². The third kappa shape index (κ3) is 3.79. The summed E-state index contributed by atoms with van der Waals surface area (Å²) in [5.74, 6) is 1.67. The van der Waals surface area contributed by atoms with E-state index in [4.69, 9.17) is 4.74 Å². The number of piperidine rings is 1. The van der Waals surface area contributed by atoms with Crippen LogP contribution in [-0.2, 0) is 6.54 Å². The molecule has 1 saturated carbocycles. The minimum atomic E-state index is -0.254. The largest absolute Gasteiger partial charge is 0.490 e. The number of rotatable bonds is 5. The quantitative estimate of drug-likeness (QED) is 0.725. The first-order valence-corrected chi connectivity index (χ1v) is 10.4. The lowest BCUT2D eigenvalue weighted by Gasteiger charge is -2.32. The molecule has 2 aromatic heterocycles. The van der Waals surface area contributed by atoms with Gasteiger partial charge in [-0.2, -0.15) is 0 Å². The third-order valence-corrected chi connectivity index (χ3v) is 5.97. The van der Waals surface area contributed by atoms with Crippen molar-refractivity contribution in [2.45, 2.75) is 38.3 Å². The Kier molecular flexibility index (Phi) is 4.62. The zero-order chi connectivity index (χ0) is 19.8. The van der Waals surface area contributed by atoms with E-state index in [2.05, 4.69) is 33.9 Å². The van der Waals surface area contributed by atoms with Gasteiger partial charge in [-0.3, -0.25) is 9.59 Å². The zero-order valence-corrected chi connectivity index (χ0v) is 16.3. The standard InChI is InChI=1S/C23H25N3O3/c27-22-14-17(6-10-24-22)23(28)25-11-7-18(8-12-25)29-21-3-1-2-20-19(21)9-13-26(20)15-16-4-5-16/h1-3,6,9-10,13-14,16,18H,4-5,7-8,11-12,15H2,(H,24,27). The van der Waals surface area contributed by atoms with Crippen LogP contribution in [0, 0.1) is 5.92 Å². The van der Waals surface area contributed by atoms with E-state index in [1.54, 1.807) is 11.0 Å². The minimum absolute atomic E-state index is 0.0891. The van der Waals surface area contributed by atoms with Crippen LogP contribution in [0.1, 0.15) is 36.0 Å². The maximum Gasteiger partial charge on any atom is 0.254 e. The normalized spacial score (nSPS) is 17.6. The second kappa shape index (κ2) is 7.43. The van der Waals surface area contributed by atoms with E-state index in [1.807, 2.05) is 6.07 Å². The molecule has 0 bridgehead atoms. The molecular formula is C23H25N3O3. The lowest BCUT2D eigenvalue weighted by atomic mass is 10.1. The summed E-state index contributed by atoms with van der Waals surface area (Å²) in [6.07, 6.45) is 8.02. The highest BCUT2D eigenvalue weighted by molar-refractivity contribution is 5.94. The maximum atomic E-state index is 12.6. The smallest absolute Gasteiger partial charge is 0.254 e. The van der Waals surface area contributed by atoms with Gasteiger partial charge in [0.2, 0.25) is 5.56 Å². The molecule has 3 heterocycles. The lowest BCUT2D eigenvalue weighted by molar-refractivity contribution is 0.0597. The van der Waals surface area contributed by atoms with Crippen molar-refractivity contribution < 1.29 is 9.53 Å². The van der Waals surface area contributed by atoms with Crippen LogP contribution in [0.4, 0.5) is 0 Å². The van der Waals surface area contributed by atoms with Crippen molar-refractivity contribution in [2.24, 2.45) is 5.92 Å². The molecule has 6 nitrogen and oxygen atoms in total. The molecule has 1 amide bonds. The summed E-state index contributed by atoms with van der Waals surface area (Å²) >= 11 is 0. The number of nitrogens with zero attached hydrogens (tertiary/aromatic N) is 2. The van der Waals surface area contributed by atoms with Gasteiger partial charge in [-0.25, -0.2) is 0 Å². The molecule has 2 aliphatic rings. The van der Waals surface area contributed by atoms with Crippen LogP contribution in [0.15, 0.2) is 53.6 Å². The molecule has 29 heavy (non-hydrogen) atoms. The van der Waals surface area contributed by atoms with E-state index in [-0.39, 0.29) is 17.6 Å². The number of likely N-dealkylation sites (tertiary alicyclic amines) is 1. The van der Waals surface area contributed by atoms with Crippen LogP contribution in [0.25, 0.3) is 10.9 Å². The molecule has 0 atom stereocenters. The number of aromatic amines is 1. The van der Waals surface area contributed by atoms with Crippen molar-refractivity contribution in [3.63, 3.8) is 0 Å². The van der Waals surface area contributed by atoms with Crippen molar-refractivity contribution in [3.05, 3.63) is 64.7 Å². The van der Waals surface area contributed by atoms with Gasteiger partial charge < -0.3 is 19.2 Å². The first-order chi connectivity index (χ1) is 14.2. The van der Waals surface area contributed by atoms with E-state index in [0.717, 1.165) is 36.4 Å². The average molecular weight is 391 g/mol. The number of carbonyl (C=O) groups is 1. The van der Waals surface area contributed by atoms with Crippen molar-refractivity contribution >= 4 is 16.8 Å². The van der Waals surface area contributed by atoms with Crippen molar-refractivity contribution in [1.82, 2.24) is 14.5 Å². The average Bonchev–Trinajstić information content (AvgIpc) is 3.46. The van der Waals surface area contributed by atoms with Gasteiger partial charge in [0.25, 0.3) is 5.91 Å². The molecule has 0 radical (unpaired) electrons. The highest BCUT2D eigenvalue weighted by atomic mass is 16.5. The van der Waals surface area contributed by atoms with Gasteiger partial charge in [-0.05, 0) is 43.0 Å². The third-order valence-electron chi connectivity index (χ3n) is 5.97. The Labute approximate surface area is 169 Å². The summed E-state index contributed by atoms with van der Waals surface area (Å²) in [6.45, 7) is 2.36. The number of nitrogens with one attached hydrogen (secondary N) is 1. The monoisotopic (exact) mass is 391 g/mol. The first-order valence-electron chi connectivity index (χ1n) is 10.4. The fourth-order valence-electron chi connectivity index (χ4n) is 4.15. The number of fused-ring (bicyclic) bond motifs is 1. The highest BCUT2D eigenvalue weighted by Crippen LogP contribution is 2.34. The summed E-state index contributed by atoms with van der Waals surface area (Å²) in [5, 5.41) is 1.16. The van der Waals surface area contributed by atoms with Crippen LogP contribution < -0.4 is 10.3 Å². The minimum Gasteiger partial charge on any atom is -0.490 e. The Morgan fingerprint density at radius 2 is 1.93 bits per heavy atom. The van der Waals surface area contributed by atoms with Gasteiger partial charge in [0.05, 0.1) is 5.52 Å². The Bertz CT molecular complexity index is 1090. The molecule has 1 saturated heterocycles. The zero-order valence-electron chi connectivity index (χ0n) is 16.3. The number of hydrogen-bond acceptors (Lipinski definition) is 3. The van der Waals surface area contributed by atoms with Gasteiger partial charge in [-0.1, -0.05) is 6.07 Å². The summed E-state index contributed by atoms with van der Waals surface area (Å²) in [5.41, 5.74) is 1.42. The second-order valence-corrected chi connectivity index (χ2v) is 8.15. The molecule has 0 unspecified atom stereocenters. The second-order valence-electron chi connectivity index (χ2n) is 8.15. The van der Waals surface area contributed by atoms with E-state index < -0.39 is 0 Å². The number of benzene rings is 1. The molecule has 2 fully saturated rings. The molecule has 1 aliphatic heterocycles. The molecule has 150 valence electrons. The molecule has 5 rings (SSSR count). The van der Waals surface area contributed by atoms with Crippen molar-refractivity contribution in [1.29, 1.82) is 0 Å². The van der Waals surface area contributed by atoms with Crippen LogP contribution in [0.2, 0.25) is 0 Å². The SMILES string of the molecule is O=C(c1cc[nH]c(=O)c1)N1CCC(Oc2cccc3c2ccn3CC2CC2)CC1. The predicted molar refractivity (Wildman–Crippen MR) is 111 cm³/mol. The van der Waals surface area contributed by atoms with E-state index in [0.29, 0.717) is 18.7 Å². The van der Waals surface area contributed by atoms with Crippen LogP contribution in [0.3, 0.4) is 0 Å². The van der Waals surface area contributed by atoms with Gasteiger partial charge in [0.15, 0.2) is 0 Å². The fourth-order valence-corrected chi connectivity index (χ4v) is 4.15. The molecule has 6 heteroatoms. The van der Waals surface area contributed by atoms with E-state index in [9.17, 15) is 9.59 Å². The highest BCUT2D eigenvalue weighted by Gasteiger charge is 2.26. The molecule has 3 aromatic rings. The first kappa shape index (κ1) is 18.0. The Hall–Kier alpha value is -3.02. The number of aromatic nitrogens is 2. The number of pyridine rings is 1. The number of carbonyl (C=O) groups excluding carboxylic acids is 1. The molecule has 1 aliphatic carbocycles. The predicted octanol–water partition coefficient (Wildman–Crippen LogP) is 3.42. The van der Waals surface area contributed by atoms with Crippen LogP contribution >= 0.6 is 0 Å². The summed E-state index contributed by atoms with van der Waals surface area (Å²) < 4.78 is 8.69. The summed E-state index contributed by atoms with van der Waals surface area (Å²) in [6, 6.07) is 11.4. The van der Waals surface area contributed by atoms with E-state index in [1.165, 1.54) is 30.6 Å². The topological polar surface area (TPSA) is 67.3 Å². The van der Waals surface area contributed by atoms with Gasteiger partial charge in [0.1, 0.15) is 11.9 Å². The summed E-state index contributed by atoms with van der Waals surface area (Å²) in [7, 11) is 0. The van der Waals surface area contributed by atoms with Crippen molar-refractivity contribution in [2.75, 3.05) is 13.1 Å². The molecule has 1 N–H and O–H groups in total. The summed E-state index contributed by atoms with van der Waals surface area (Å²) in [4.78, 5) is 28.4. The molecule has 0 spiro atoms. The number of ether oxygens (including phenoxy) is 1. The van der Waals surface area contributed by atoms with Gasteiger partial charge in [-0.15, -0.1) is 0 Å². The van der Waals surface area contributed by atoms with Crippen LogP contribution in [-0.4, -0.2) is 39.6 Å². The van der Waals surface area contributed by atoms with Gasteiger partial charge >= 0.3 is 0 Å². The fraction of sp³-hybridized carbons (Fsp3) is 0.391. The maximum absolute atomic E-state index is 12.6. The Morgan fingerprint density at radius 1 is 1.10 bits per heavy atom. The van der Waals surface area contributed by atoms with Crippen LogP contribution in [0.5, 0.6) is 5.75 Å². The Morgan fingerprint density at radius 3 is 2.69 bits per heavy atom. The molecular weight excluding hydrogens is 366 g/mol. The number of amides is 1. The van der Waals surface area contributed by atoms with Gasteiger partial charge in [0, 0.05) is 61.9 Å².